The van der Waals surface area contributed by atoms with Gasteiger partial charge in [-0.05, 0) is 37.5 Å². The van der Waals surface area contributed by atoms with Gasteiger partial charge in [-0.2, -0.15) is 23.4 Å². The van der Waals surface area contributed by atoms with E-state index in [-0.39, 0.29) is 10.7 Å². The number of carbonyl (C=O) groups is 1. The van der Waals surface area contributed by atoms with E-state index < -0.39 is 17.8 Å². The second kappa shape index (κ2) is 8.24. The van der Waals surface area contributed by atoms with Crippen LogP contribution in [0, 0.1) is 0 Å². The number of amides is 1. The van der Waals surface area contributed by atoms with E-state index in [0.717, 1.165) is 37.6 Å². The van der Waals surface area contributed by atoms with Crippen molar-refractivity contribution in [2.24, 2.45) is 12.8 Å². The highest BCUT2D eigenvalue weighted by atomic mass is 35.5. The third kappa shape index (κ3) is 4.76. The van der Waals surface area contributed by atoms with Crippen molar-refractivity contribution in [3.05, 3.63) is 52.7 Å². The van der Waals surface area contributed by atoms with Crippen molar-refractivity contribution in [3.63, 3.8) is 0 Å². The number of aromatic nitrogens is 5. The maximum absolute atomic E-state index is 12.6. The van der Waals surface area contributed by atoms with Gasteiger partial charge in [0.15, 0.2) is 0 Å². The first kappa shape index (κ1) is 20.8. The number of primary amides is 1. The number of hydrogen-bond acceptors (Lipinski definition) is 4. The molecule has 0 fully saturated rings. The number of aryl methyl sites for hydroxylation is 3. The van der Waals surface area contributed by atoms with Gasteiger partial charge in [0.05, 0.1) is 17.5 Å². The highest BCUT2D eigenvalue weighted by Crippen LogP contribution is 2.30. The van der Waals surface area contributed by atoms with Gasteiger partial charge < -0.3 is 5.73 Å². The fourth-order valence-corrected chi connectivity index (χ4v) is 3.08. The fraction of sp³-hybridized carbons (Fsp3) is 0.333. The first-order valence-corrected chi connectivity index (χ1v) is 9.12. The van der Waals surface area contributed by atoms with Gasteiger partial charge in [0.1, 0.15) is 10.8 Å². The summed E-state index contributed by atoms with van der Waals surface area (Å²) in [6.45, 7) is 0.840. The molecule has 0 radical (unpaired) electrons. The Hall–Kier alpha value is -2.88. The Bertz CT molecular complexity index is 1000. The van der Waals surface area contributed by atoms with Gasteiger partial charge in [-0.25, -0.2) is 0 Å². The molecule has 1 aliphatic heterocycles. The molecule has 4 rings (SSSR count). The quantitative estimate of drug-likeness (QED) is 0.679. The summed E-state index contributed by atoms with van der Waals surface area (Å²) in [6.07, 6.45) is 1.20. The average molecular weight is 427 g/mol. The summed E-state index contributed by atoms with van der Waals surface area (Å²) in [7, 11) is 1.63. The second-order valence-electron chi connectivity index (χ2n) is 6.47. The van der Waals surface area contributed by atoms with Gasteiger partial charge in [-0.1, -0.05) is 11.6 Å². The number of nitrogens with two attached hydrogens (primary N) is 1. The Morgan fingerprint density at radius 3 is 2.59 bits per heavy atom. The molecule has 1 amide bonds. The summed E-state index contributed by atoms with van der Waals surface area (Å²) >= 11 is 5.60. The van der Waals surface area contributed by atoms with Crippen molar-refractivity contribution in [2.75, 3.05) is 0 Å². The molecule has 0 unspecified atom stereocenters. The number of alkyl halides is 3. The monoisotopic (exact) mass is 426 g/mol. The topological polar surface area (TPSA) is 91.6 Å². The molecule has 154 valence electrons. The molecular formula is C18H18ClF3N6O. The van der Waals surface area contributed by atoms with E-state index in [2.05, 4.69) is 15.2 Å². The SMILES string of the molecule is Cn1ncc(C(N)=O)c1Cl.FC(F)(F)c1cc(-c2cc3n(n2)CCCC3)ccn1. The lowest BCUT2D eigenvalue weighted by molar-refractivity contribution is -0.141. The van der Waals surface area contributed by atoms with Crippen LogP contribution >= 0.6 is 11.6 Å². The Morgan fingerprint density at radius 1 is 1.28 bits per heavy atom. The number of carbonyl (C=O) groups excluding carboxylic acids is 1. The molecule has 29 heavy (non-hydrogen) atoms. The fourth-order valence-electron chi connectivity index (χ4n) is 2.89. The van der Waals surface area contributed by atoms with Crippen LogP contribution in [0.4, 0.5) is 13.2 Å². The third-order valence-electron chi connectivity index (χ3n) is 4.39. The van der Waals surface area contributed by atoms with Crippen LogP contribution in [0.5, 0.6) is 0 Å². The average Bonchev–Trinajstić information content (AvgIpc) is 3.25. The number of pyridine rings is 1. The number of rotatable bonds is 2. The Morgan fingerprint density at radius 2 is 2.03 bits per heavy atom. The standard InChI is InChI=1S/C13H12F3N3.C5H6ClN3O/c14-13(15,16)12-7-9(4-5-17-12)11-8-10-3-1-2-6-19(10)18-11;1-9-4(6)3(2-8-9)5(7)10/h4-5,7-8H,1-3,6H2;2H,1H3,(H2,7,10). The summed E-state index contributed by atoms with van der Waals surface area (Å²) < 4.78 is 41.1. The molecule has 0 aromatic carbocycles. The van der Waals surface area contributed by atoms with Gasteiger partial charge in [0, 0.05) is 31.0 Å². The number of hydrogen-bond donors (Lipinski definition) is 1. The van der Waals surface area contributed by atoms with Crippen LogP contribution in [0.2, 0.25) is 5.15 Å². The highest BCUT2D eigenvalue weighted by molar-refractivity contribution is 6.32. The largest absolute Gasteiger partial charge is 0.433 e. The first-order chi connectivity index (χ1) is 13.7. The smallest absolute Gasteiger partial charge is 0.365 e. The predicted octanol–water partition coefficient (Wildman–Crippen LogP) is 3.47. The van der Waals surface area contributed by atoms with Crippen LogP contribution in [-0.2, 0) is 26.2 Å². The zero-order chi connectivity index (χ0) is 21.2. The lowest BCUT2D eigenvalue weighted by atomic mass is 10.1. The molecule has 0 aliphatic carbocycles. The maximum atomic E-state index is 12.6. The summed E-state index contributed by atoms with van der Waals surface area (Å²) in [6, 6.07) is 4.48. The minimum Gasteiger partial charge on any atom is -0.365 e. The van der Waals surface area contributed by atoms with Crippen molar-refractivity contribution in [2.45, 2.75) is 32.0 Å². The maximum Gasteiger partial charge on any atom is 0.433 e. The molecule has 3 aromatic rings. The van der Waals surface area contributed by atoms with Crippen molar-refractivity contribution < 1.29 is 18.0 Å². The van der Waals surface area contributed by atoms with E-state index >= 15 is 0 Å². The van der Waals surface area contributed by atoms with Crippen molar-refractivity contribution in [1.82, 2.24) is 24.5 Å². The summed E-state index contributed by atoms with van der Waals surface area (Å²) in [5, 5.41) is 8.36. The number of fused-ring (bicyclic) bond motifs is 1. The van der Waals surface area contributed by atoms with Crippen LogP contribution in [0.1, 0.15) is 34.6 Å². The lowest BCUT2D eigenvalue weighted by Gasteiger charge is -2.11. The molecular weight excluding hydrogens is 409 g/mol. The molecule has 3 aromatic heterocycles. The molecule has 2 N–H and O–H groups in total. The second-order valence-corrected chi connectivity index (χ2v) is 6.82. The van der Waals surface area contributed by atoms with Gasteiger partial charge in [0.2, 0.25) is 0 Å². The van der Waals surface area contributed by atoms with Gasteiger partial charge in [-0.3, -0.25) is 19.1 Å². The molecule has 0 saturated heterocycles. The van der Waals surface area contributed by atoms with Crippen LogP contribution in [0.15, 0.2) is 30.6 Å². The van der Waals surface area contributed by atoms with E-state index in [1.165, 1.54) is 17.1 Å². The first-order valence-electron chi connectivity index (χ1n) is 8.74. The number of nitrogens with zero attached hydrogens (tertiary/aromatic N) is 5. The zero-order valence-corrected chi connectivity index (χ0v) is 16.2. The Labute approximate surface area is 169 Å². The van der Waals surface area contributed by atoms with Gasteiger partial charge in [-0.15, -0.1) is 0 Å². The molecule has 1 aliphatic rings. The van der Waals surface area contributed by atoms with Crippen molar-refractivity contribution >= 4 is 17.5 Å². The Balaban J connectivity index is 0.000000204. The van der Waals surface area contributed by atoms with E-state index in [4.69, 9.17) is 17.3 Å². The molecule has 4 heterocycles. The van der Waals surface area contributed by atoms with Gasteiger partial charge >= 0.3 is 6.18 Å². The van der Waals surface area contributed by atoms with E-state index in [1.54, 1.807) is 13.1 Å². The van der Waals surface area contributed by atoms with Crippen molar-refractivity contribution in [3.8, 4) is 11.3 Å². The van der Waals surface area contributed by atoms with Crippen LogP contribution < -0.4 is 5.73 Å². The summed E-state index contributed by atoms with van der Waals surface area (Å²) in [5.74, 6) is -0.557. The molecule has 0 spiro atoms. The van der Waals surface area contributed by atoms with Crippen LogP contribution in [0.3, 0.4) is 0 Å². The van der Waals surface area contributed by atoms with E-state index in [0.29, 0.717) is 11.3 Å². The molecule has 0 saturated carbocycles. The molecule has 0 bridgehead atoms. The summed E-state index contributed by atoms with van der Waals surface area (Å²) in [4.78, 5) is 13.9. The number of halogens is 4. The lowest BCUT2D eigenvalue weighted by Crippen LogP contribution is -2.10. The van der Waals surface area contributed by atoms with Crippen LogP contribution in [0.25, 0.3) is 11.3 Å². The molecule has 11 heteroatoms. The third-order valence-corrected chi connectivity index (χ3v) is 4.84. The van der Waals surface area contributed by atoms with Gasteiger partial charge in [0.25, 0.3) is 5.91 Å². The normalized spacial score (nSPS) is 13.4. The minimum atomic E-state index is -4.42. The van der Waals surface area contributed by atoms with E-state index in [1.807, 2.05) is 10.7 Å². The highest BCUT2D eigenvalue weighted by Gasteiger charge is 2.32. The van der Waals surface area contributed by atoms with Crippen molar-refractivity contribution in [1.29, 1.82) is 0 Å². The van der Waals surface area contributed by atoms with Crippen LogP contribution in [-0.4, -0.2) is 30.5 Å². The van der Waals surface area contributed by atoms with E-state index in [9.17, 15) is 18.0 Å². The Kier molecular flexibility index (Phi) is 5.92. The minimum absolute atomic E-state index is 0.254. The zero-order valence-electron chi connectivity index (χ0n) is 15.4. The summed E-state index contributed by atoms with van der Waals surface area (Å²) in [5.41, 5.74) is 6.47. The molecule has 7 nitrogen and oxygen atoms in total. The molecule has 0 atom stereocenters. The predicted molar refractivity (Wildman–Crippen MR) is 100 cm³/mol.